The topological polar surface area (TPSA) is 117 Å². The molecule has 0 saturated carbocycles. The molecule has 52 heavy (non-hydrogen) atoms. The molecule has 6 rings (SSSR count). The van der Waals surface area contributed by atoms with E-state index in [1.807, 2.05) is 41.3 Å². The van der Waals surface area contributed by atoms with Crippen molar-refractivity contribution in [2.75, 3.05) is 44.7 Å². The first-order valence-corrected chi connectivity index (χ1v) is 18.0. The fourth-order valence-electron chi connectivity index (χ4n) is 7.49. The van der Waals surface area contributed by atoms with E-state index >= 15 is 0 Å². The maximum absolute atomic E-state index is 14.4. The minimum atomic E-state index is -0.467. The third-order valence-electron chi connectivity index (χ3n) is 9.81. The number of fused-ring (bicyclic) bond motifs is 1. The van der Waals surface area contributed by atoms with Crippen molar-refractivity contribution in [3.63, 3.8) is 0 Å². The van der Waals surface area contributed by atoms with Crippen molar-refractivity contribution >= 4 is 28.5 Å². The Morgan fingerprint density at radius 2 is 1.56 bits per heavy atom. The van der Waals surface area contributed by atoms with Crippen LogP contribution in [0.3, 0.4) is 0 Å². The lowest BCUT2D eigenvalue weighted by Crippen LogP contribution is -2.34. The number of nitrogens with zero attached hydrogens (tertiary/aromatic N) is 7. The van der Waals surface area contributed by atoms with E-state index in [9.17, 15) is 20.1 Å². The first-order chi connectivity index (χ1) is 25.3. The second kappa shape index (κ2) is 16.5. The van der Waals surface area contributed by atoms with Crippen molar-refractivity contribution in [1.29, 1.82) is 10.5 Å². The van der Waals surface area contributed by atoms with Crippen LogP contribution in [-0.4, -0.2) is 71.4 Å². The van der Waals surface area contributed by atoms with Gasteiger partial charge in [0.25, 0.3) is 0 Å². The van der Waals surface area contributed by atoms with Gasteiger partial charge in [0.2, 0.25) is 5.91 Å². The molecule has 0 N–H and O–H groups in total. The smallest absolute Gasteiger partial charge is 0.338 e. The number of hydrogen-bond acceptors (Lipinski definition) is 9. The molecule has 3 heterocycles. The van der Waals surface area contributed by atoms with Crippen LogP contribution in [0, 0.1) is 36.5 Å². The number of rotatable bonds is 11. The number of aromatic nitrogens is 1. The molecule has 2 fully saturated rings. The summed E-state index contributed by atoms with van der Waals surface area (Å²) in [5.41, 5.74) is 6.92. The van der Waals surface area contributed by atoms with Gasteiger partial charge in [-0.25, -0.2) is 4.79 Å². The summed E-state index contributed by atoms with van der Waals surface area (Å²) in [7, 11) is 1.36. The lowest BCUT2D eigenvalue weighted by molar-refractivity contribution is -0.119. The van der Waals surface area contributed by atoms with Gasteiger partial charge in [0.05, 0.1) is 30.4 Å². The standard InChI is InChI=1S/C42H45N7O3/c1-30-20-31(2)22-33(21-30)28-48-19-18-47(41(48)34(25-43)26-44)17-14-40(50)49(36-11-9-10-32(23-36)27-46-15-7-4-8-16-46)29-35-24-38(42(51)52-3)37-12-5-6-13-39(37)45-35/h5-6,9-13,20-24H,4,7-8,14-19,27-29H2,1-3H3. The van der Waals surface area contributed by atoms with Gasteiger partial charge in [-0.1, -0.05) is 66.1 Å². The average molecular weight is 696 g/mol. The van der Waals surface area contributed by atoms with Crippen molar-refractivity contribution < 1.29 is 14.3 Å². The normalized spacial score (nSPS) is 14.6. The molecule has 0 radical (unpaired) electrons. The first kappa shape index (κ1) is 36.1. The average Bonchev–Trinajstić information content (AvgIpc) is 3.54. The van der Waals surface area contributed by atoms with Crippen LogP contribution < -0.4 is 4.90 Å². The molecule has 0 atom stereocenters. The van der Waals surface area contributed by atoms with Crippen LogP contribution in [0.25, 0.3) is 10.9 Å². The van der Waals surface area contributed by atoms with Crippen LogP contribution in [0.1, 0.15) is 64.0 Å². The van der Waals surface area contributed by atoms with Gasteiger partial charge < -0.3 is 19.4 Å². The quantitative estimate of drug-likeness (QED) is 0.126. The second-order valence-electron chi connectivity index (χ2n) is 13.7. The molecule has 1 amide bonds. The number of esters is 1. The molecule has 2 aliphatic rings. The molecule has 266 valence electrons. The van der Waals surface area contributed by atoms with E-state index in [2.05, 4.69) is 66.1 Å². The second-order valence-corrected chi connectivity index (χ2v) is 13.7. The number of likely N-dealkylation sites (tertiary alicyclic amines) is 1. The maximum atomic E-state index is 14.4. The number of carbonyl (C=O) groups excluding carboxylic acids is 2. The number of benzene rings is 3. The van der Waals surface area contributed by atoms with E-state index in [0.29, 0.717) is 54.2 Å². The number of hydrogen-bond donors (Lipinski definition) is 0. The summed E-state index contributed by atoms with van der Waals surface area (Å²) in [6.45, 7) is 9.28. The molecule has 0 aliphatic carbocycles. The van der Waals surface area contributed by atoms with Gasteiger partial charge in [0, 0.05) is 50.2 Å². The van der Waals surface area contributed by atoms with Crippen LogP contribution in [-0.2, 0) is 29.2 Å². The molecular weight excluding hydrogens is 651 g/mol. The first-order valence-electron chi connectivity index (χ1n) is 18.0. The molecule has 1 aromatic heterocycles. The molecule has 10 heteroatoms. The highest BCUT2D eigenvalue weighted by Crippen LogP contribution is 2.28. The van der Waals surface area contributed by atoms with Crippen LogP contribution in [0.2, 0.25) is 0 Å². The molecule has 10 nitrogen and oxygen atoms in total. The van der Waals surface area contributed by atoms with E-state index in [0.717, 1.165) is 47.6 Å². The summed E-state index contributed by atoms with van der Waals surface area (Å²) in [5, 5.41) is 20.6. The Morgan fingerprint density at radius 3 is 2.29 bits per heavy atom. The molecule has 0 bridgehead atoms. The van der Waals surface area contributed by atoms with E-state index in [4.69, 9.17) is 9.72 Å². The number of piperidine rings is 1. The summed E-state index contributed by atoms with van der Waals surface area (Å²) >= 11 is 0. The highest BCUT2D eigenvalue weighted by Gasteiger charge is 2.30. The van der Waals surface area contributed by atoms with Gasteiger partial charge in [-0.2, -0.15) is 10.5 Å². The van der Waals surface area contributed by atoms with Crippen LogP contribution in [0.4, 0.5) is 5.69 Å². The SMILES string of the molecule is COC(=O)c1cc(CN(C(=O)CCN2CCN(Cc3cc(C)cc(C)c3)C2=C(C#N)C#N)c2cccc(CN3CCCCC3)c2)nc2ccccc12. The molecule has 2 aliphatic heterocycles. The van der Waals surface area contributed by atoms with Crippen molar-refractivity contribution in [3.8, 4) is 12.1 Å². The minimum Gasteiger partial charge on any atom is -0.465 e. The monoisotopic (exact) mass is 695 g/mol. The van der Waals surface area contributed by atoms with E-state index < -0.39 is 5.97 Å². The van der Waals surface area contributed by atoms with Gasteiger partial charge in [-0.15, -0.1) is 0 Å². The van der Waals surface area contributed by atoms with Crippen molar-refractivity contribution in [3.05, 3.63) is 118 Å². The third kappa shape index (κ3) is 8.42. The zero-order valence-electron chi connectivity index (χ0n) is 30.3. The number of amides is 1. The summed E-state index contributed by atoms with van der Waals surface area (Å²) in [6.07, 6.45) is 3.77. The number of nitriles is 2. The fraction of sp³-hybridized carbons (Fsp3) is 0.357. The van der Waals surface area contributed by atoms with Crippen LogP contribution in [0.15, 0.2) is 84.2 Å². The van der Waals surface area contributed by atoms with Gasteiger partial charge in [-0.05, 0) is 75.2 Å². The number of pyridine rings is 1. The predicted molar refractivity (Wildman–Crippen MR) is 201 cm³/mol. The van der Waals surface area contributed by atoms with E-state index in [1.165, 1.54) is 26.4 Å². The Morgan fingerprint density at radius 1 is 0.827 bits per heavy atom. The summed E-state index contributed by atoms with van der Waals surface area (Å²) in [5.74, 6) is -0.0380. The van der Waals surface area contributed by atoms with Crippen molar-refractivity contribution in [1.82, 2.24) is 19.7 Å². The number of carbonyl (C=O) groups is 2. The molecule has 3 aromatic carbocycles. The van der Waals surface area contributed by atoms with Gasteiger partial charge >= 0.3 is 5.97 Å². The zero-order valence-corrected chi connectivity index (χ0v) is 30.3. The van der Waals surface area contributed by atoms with E-state index in [-0.39, 0.29) is 24.4 Å². The maximum Gasteiger partial charge on any atom is 0.338 e. The minimum absolute atomic E-state index is 0.0345. The van der Waals surface area contributed by atoms with Crippen molar-refractivity contribution in [2.24, 2.45) is 0 Å². The molecule has 0 unspecified atom stereocenters. The Hall–Kier alpha value is -5.71. The summed E-state index contributed by atoms with van der Waals surface area (Å²) < 4.78 is 5.11. The van der Waals surface area contributed by atoms with Crippen molar-refractivity contribution in [2.45, 2.75) is 59.2 Å². The largest absolute Gasteiger partial charge is 0.465 e. The Kier molecular flexibility index (Phi) is 11.5. The highest BCUT2D eigenvalue weighted by atomic mass is 16.5. The lowest BCUT2D eigenvalue weighted by Gasteiger charge is -2.28. The molecule has 0 spiro atoms. The molecule has 4 aromatic rings. The number of aryl methyl sites for hydroxylation is 2. The lowest BCUT2D eigenvalue weighted by atomic mass is 10.1. The third-order valence-corrected chi connectivity index (χ3v) is 9.81. The predicted octanol–water partition coefficient (Wildman–Crippen LogP) is 6.62. The molecular formula is C42H45N7O3. The Bertz CT molecular complexity index is 2040. The number of methoxy groups -OCH3 is 1. The Balaban J connectivity index is 1.29. The number of anilines is 1. The number of ether oxygens (including phenoxy) is 1. The fourth-order valence-corrected chi connectivity index (χ4v) is 7.49. The number of allylic oxidation sites excluding steroid dienone is 1. The van der Waals surface area contributed by atoms with Gasteiger partial charge in [0.15, 0.2) is 5.57 Å². The zero-order chi connectivity index (χ0) is 36.6. The molecule has 2 saturated heterocycles. The van der Waals surface area contributed by atoms with Gasteiger partial charge in [0.1, 0.15) is 18.0 Å². The van der Waals surface area contributed by atoms with Crippen LogP contribution in [0.5, 0.6) is 0 Å². The van der Waals surface area contributed by atoms with Gasteiger partial charge in [-0.3, -0.25) is 14.7 Å². The van der Waals surface area contributed by atoms with E-state index in [1.54, 1.807) is 11.0 Å². The van der Waals surface area contributed by atoms with Crippen LogP contribution >= 0.6 is 0 Å². The highest BCUT2D eigenvalue weighted by molar-refractivity contribution is 6.03. The summed E-state index contributed by atoms with van der Waals surface area (Å²) in [4.78, 5) is 40.4. The summed E-state index contributed by atoms with van der Waals surface area (Å²) in [6, 6.07) is 27.8. The number of para-hydroxylation sites is 1. The Labute approximate surface area is 306 Å².